The van der Waals surface area contributed by atoms with Crippen LogP contribution in [0.2, 0.25) is 0 Å². The van der Waals surface area contributed by atoms with Gasteiger partial charge in [0.2, 0.25) is 0 Å². The van der Waals surface area contributed by atoms with Gasteiger partial charge in [-0.1, -0.05) is 0 Å². The molecule has 34 valence electrons. The van der Waals surface area contributed by atoms with Crippen molar-refractivity contribution in [3.8, 4) is 0 Å². The van der Waals surface area contributed by atoms with Gasteiger partial charge in [0.25, 0.3) is 0 Å². The second-order valence-corrected chi connectivity index (χ2v) is 2.53. The van der Waals surface area contributed by atoms with Crippen LogP contribution in [0.4, 0.5) is 0 Å². The molecule has 0 unspecified atom stereocenters. The molecule has 0 aromatic heterocycles. The normalized spacial score (nSPS) is 7.50. The molecule has 0 fully saturated rings. The van der Waals surface area contributed by atoms with Crippen LogP contribution < -0.4 is 0 Å². The summed E-state index contributed by atoms with van der Waals surface area (Å²) in [7, 11) is 0. The SMILES string of the molecule is C=C(C)C[CH]=[W]. The van der Waals surface area contributed by atoms with Crippen LogP contribution in [0.5, 0.6) is 0 Å². The van der Waals surface area contributed by atoms with Crippen LogP contribution in [-0.4, -0.2) is 4.40 Å². The van der Waals surface area contributed by atoms with Gasteiger partial charge >= 0.3 is 49.3 Å². The van der Waals surface area contributed by atoms with Crippen LogP contribution >= 0.6 is 0 Å². The van der Waals surface area contributed by atoms with E-state index >= 15 is 0 Å². The maximum atomic E-state index is 3.73. The molecule has 0 amide bonds. The van der Waals surface area contributed by atoms with Crippen LogP contribution in [0.1, 0.15) is 13.3 Å². The Labute approximate surface area is 49.7 Å². The summed E-state index contributed by atoms with van der Waals surface area (Å²) in [6.45, 7) is 5.77. The van der Waals surface area contributed by atoms with Crippen molar-refractivity contribution in [3.05, 3.63) is 12.2 Å². The molecule has 0 N–H and O–H groups in total. The summed E-state index contributed by atoms with van der Waals surface area (Å²) < 4.78 is 2.18. The molecule has 0 aliphatic carbocycles. The van der Waals surface area contributed by atoms with Crippen molar-refractivity contribution < 1.29 is 19.4 Å². The first-order chi connectivity index (χ1) is 2.77. The fourth-order valence-electron chi connectivity index (χ4n) is 0.142. The van der Waals surface area contributed by atoms with E-state index in [9.17, 15) is 0 Å². The van der Waals surface area contributed by atoms with E-state index in [-0.39, 0.29) is 0 Å². The topological polar surface area (TPSA) is 0 Å². The summed E-state index contributed by atoms with van der Waals surface area (Å²) in [5.41, 5.74) is 1.25. The van der Waals surface area contributed by atoms with Gasteiger partial charge in [-0.25, -0.2) is 0 Å². The van der Waals surface area contributed by atoms with Crippen molar-refractivity contribution in [2.75, 3.05) is 0 Å². The van der Waals surface area contributed by atoms with E-state index in [1.165, 1.54) is 24.9 Å². The Bertz CT molecular complexity index is 64.3. The standard InChI is InChI=1S/C5H8.W/c1-4-5(2)3;/h1H,2,4H2,3H3;. The molecule has 0 bridgehead atoms. The van der Waals surface area contributed by atoms with Crippen LogP contribution in [0.25, 0.3) is 0 Å². The zero-order valence-corrected chi connectivity index (χ0v) is 6.83. The van der Waals surface area contributed by atoms with Gasteiger partial charge in [-0.2, -0.15) is 0 Å². The molecule has 1 heteroatoms. The zero-order chi connectivity index (χ0) is 4.99. The third-order valence-corrected chi connectivity index (χ3v) is 1.03. The second-order valence-electron chi connectivity index (χ2n) is 1.33. The van der Waals surface area contributed by atoms with E-state index in [4.69, 9.17) is 0 Å². The maximum absolute atomic E-state index is 3.73. The van der Waals surface area contributed by atoms with Gasteiger partial charge in [-0.05, 0) is 0 Å². The first-order valence-electron chi connectivity index (χ1n) is 1.85. The molecule has 0 aliphatic rings. The molecule has 0 atom stereocenters. The van der Waals surface area contributed by atoms with E-state index in [1.54, 1.807) is 0 Å². The molecule has 0 heterocycles. The molecule has 6 heavy (non-hydrogen) atoms. The predicted molar refractivity (Wildman–Crippen MR) is 25.5 cm³/mol. The Kier molecular flexibility index (Phi) is 3.66. The van der Waals surface area contributed by atoms with Crippen LogP contribution in [0, 0.1) is 0 Å². The fraction of sp³-hybridized carbons (Fsp3) is 0.400. The van der Waals surface area contributed by atoms with Gasteiger partial charge in [-0.3, -0.25) is 0 Å². The number of rotatable bonds is 2. The van der Waals surface area contributed by atoms with Crippen molar-refractivity contribution in [2.45, 2.75) is 13.3 Å². The molecular weight excluding hydrogens is 244 g/mol. The minimum atomic E-state index is 1.09. The third kappa shape index (κ3) is 4.30. The molecule has 0 saturated heterocycles. The summed E-state index contributed by atoms with van der Waals surface area (Å²) >= 11 is 1.54. The van der Waals surface area contributed by atoms with Crippen molar-refractivity contribution >= 4 is 4.40 Å². The van der Waals surface area contributed by atoms with Crippen LogP contribution in [-0.2, 0) is 19.4 Å². The van der Waals surface area contributed by atoms with Crippen molar-refractivity contribution in [2.24, 2.45) is 0 Å². The Morgan fingerprint density at radius 1 is 2.00 bits per heavy atom. The quantitative estimate of drug-likeness (QED) is 0.650. The molecule has 0 radical (unpaired) electrons. The van der Waals surface area contributed by atoms with Gasteiger partial charge in [0.15, 0.2) is 0 Å². The average Bonchev–Trinajstić information content (AvgIpc) is 1.35. The minimum absolute atomic E-state index is 1.09. The van der Waals surface area contributed by atoms with E-state index < -0.39 is 0 Å². The second kappa shape index (κ2) is 3.49. The predicted octanol–water partition coefficient (Wildman–Crippen LogP) is 1.30. The van der Waals surface area contributed by atoms with Gasteiger partial charge in [-0.15, -0.1) is 0 Å². The summed E-state index contributed by atoms with van der Waals surface area (Å²) in [6, 6.07) is 0. The van der Waals surface area contributed by atoms with Crippen molar-refractivity contribution in [1.29, 1.82) is 0 Å². The monoisotopic (exact) mass is 252 g/mol. The number of hydrogen-bond acceptors (Lipinski definition) is 0. The summed E-state index contributed by atoms with van der Waals surface area (Å²) in [5, 5.41) is 0. The van der Waals surface area contributed by atoms with Crippen LogP contribution in [0.3, 0.4) is 0 Å². The first kappa shape index (κ1) is 6.30. The van der Waals surface area contributed by atoms with E-state index in [0.717, 1.165) is 6.42 Å². The summed E-state index contributed by atoms with van der Waals surface area (Å²) in [6.07, 6.45) is 1.09. The fourth-order valence-corrected chi connectivity index (χ4v) is 1.16. The first-order valence-corrected chi connectivity index (χ1v) is 3.54. The van der Waals surface area contributed by atoms with Crippen molar-refractivity contribution in [3.63, 3.8) is 0 Å². The molecule has 0 aromatic rings. The van der Waals surface area contributed by atoms with E-state index in [2.05, 4.69) is 11.0 Å². The summed E-state index contributed by atoms with van der Waals surface area (Å²) in [4.78, 5) is 0. The molecule has 0 saturated carbocycles. The number of allylic oxidation sites excluding steroid dienone is 1. The molecule has 0 aliphatic heterocycles. The van der Waals surface area contributed by atoms with Gasteiger partial charge in [0.1, 0.15) is 0 Å². The zero-order valence-electron chi connectivity index (χ0n) is 3.90. The van der Waals surface area contributed by atoms with Crippen LogP contribution in [0.15, 0.2) is 12.2 Å². The van der Waals surface area contributed by atoms with Gasteiger partial charge in [0.05, 0.1) is 0 Å². The summed E-state index contributed by atoms with van der Waals surface area (Å²) in [5.74, 6) is 0. The molecule has 0 spiro atoms. The Morgan fingerprint density at radius 2 is 2.50 bits per heavy atom. The molecule has 0 nitrogen and oxygen atoms in total. The third-order valence-electron chi connectivity index (χ3n) is 0.432. The molecule has 0 aromatic carbocycles. The number of hydrogen-bond donors (Lipinski definition) is 0. The van der Waals surface area contributed by atoms with E-state index in [1.807, 2.05) is 6.92 Å². The molecule has 0 rings (SSSR count). The Morgan fingerprint density at radius 3 is 2.50 bits per heavy atom. The molecular formula is C5H8W. The van der Waals surface area contributed by atoms with Gasteiger partial charge in [0, 0.05) is 0 Å². The van der Waals surface area contributed by atoms with Crippen molar-refractivity contribution in [1.82, 2.24) is 0 Å². The van der Waals surface area contributed by atoms with Gasteiger partial charge < -0.3 is 0 Å². The average molecular weight is 252 g/mol. The van der Waals surface area contributed by atoms with E-state index in [0.29, 0.717) is 0 Å². The Balaban J connectivity index is 3.05. The Hall–Kier alpha value is 0.298.